The molecule has 96 valence electrons. The van der Waals surface area contributed by atoms with Crippen molar-refractivity contribution in [1.29, 1.82) is 0 Å². The smallest absolute Gasteiger partial charge is 0.200 e. The SMILES string of the molecule is Cc1ccc(S(=O)(=O)N/N=C2/CCC3CC23)cc1. The van der Waals surface area contributed by atoms with Gasteiger partial charge in [0, 0.05) is 11.6 Å². The van der Waals surface area contributed by atoms with Crippen LogP contribution >= 0.6 is 0 Å². The van der Waals surface area contributed by atoms with E-state index >= 15 is 0 Å². The van der Waals surface area contributed by atoms with Gasteiger partial charge in [-0.25, -0.2) is 4.83 Å². The molecule has 0 heterocycles. The molecule has 0 spiro atoms. The van der Waals surface area contributed by atoms with E-state index in [1.807, 2.05) is 6.92 Å². The molecule has 0 saturated heterocycles. The number of sulfonamides is 1. The summed E-state index contributed by atoms with van der Waals surface area (Å²) in [4.78, 5) is 2.62. The van der Waals surface area contributed by atoms with E-state index in [4.69, 9.17) is 0 Å². The van der Waals surface area contributed by atoms with Crippen LogP contribution in [0.2, 0.25) is 0 Å². The summed E-state index contributed by atoms with van der Waals surface area (Å²) < 4.78 is 24.0. The maximum absolute atomic E-state index is 12.0. The average Bonchev–Trinajstić information content (AvgIpc) is 3.01. The van der Waals surface area contributed by atoms with Gasteiger partial charge in [0.2, 0.25) is 0 Å². The van der Waals surface area contributed by atoms with Crippen LogP contribution < -0.4 is 4.83 Å². The van der Waals surface area contributed by atoms with Gasteiger partial charge in [-0.1, -0.05) is 17.7 Å². The van der Waals surface area contributed by atoms with Gasteiger partial charge in [0.15, 0.2) is 0 Å². The lowest BCUT2D eigenvalue weighted by Gasteiger charge is -2.05. The Hall–Kier alpha value is -1.36. The summed E-state index contributed by atoms with van der Waals surface area (Å²) in [6.45, 7) is 1.93. The predicted molar refractivity (Wildman–Crippen MR) is 69.8 cm³/mol. The summed E-state index contributed by atoms with van der Waals surface area (Å²) in [5.74, 6) is 1.32. The number of benzene rings is 1. The highest BCUT2D eigenvalue weighted by Crippen LogP contribution is 2.49. The van der Waals surface area contributed by atoms with Crippen molar-refractivity contribution in [2.24, 2.45) is 16.9 Å². The molecule has 0 bridgehead atoms. The van der Waals surface area contributed by atoms with Crippen LogP contribution in [0.15, 0.2) is 34.3 Å². The number of nitrogens with zero attached hydrogens (tertiary/aromatic N) is 1. The van der Waals surface area contributed by atoms with Gasteiger partial charge in [-0.05, 0) is 44.2 Å². The molecule has 1 N–H and O–H groups in total. The van der Waals surface area contributed by atoms with Crippen LogP contribution in [0.5, 0.6) is 0 Å². The van der Waals surface area contributed by atoms with Crippen molar-refractivity contribution >= 4 is 15.7 Å². The third kappa shape index (κ3) is 2.14. The molecule has 1 aromatic rings. The highest BCUT2D eigenvalue weighted by molar-refractivity contribution is 7.89. The summed E-state index contributed by atoms with van der Waals surface area (Å²) in [5, 5.41) is 4.10. The lowest BCUT2D eigenvalue weighted by Crippen LogP contribution is -2.20. The molecule has 0 aliphatic heterocycles. The highest BCUT2D eigenvalue weighted by atomic mass is 32.2. The van der Waals surface area contributed by atoms with Crippen LogP contribution in [0.1, 0.15) is 24.8 Å². The molecular formula is C13H16N2O2S. The first-order valence-corrected chi connectivity index (χ1v) is 7.69. The normalized spacial score (nSPS) is 28.2. The number of hydrogen-bond acceptors (Lipinski definition) is 3. The van der Waals surface area contributed by atoms with E-state index in [9.17, 15) is 8.42 Å². The van der Waals surface area contributed by atoms with Gasteiger partial charge in [0.1, 0.15) is 0 Å². The Kier molecular flexibility index (Phi) is 2.66. The summed E-state index contributed by atoms with van der Waals surface area (Å²) in [6.07, 6.45) is 3.28. The Balaban J connectivity index is 1.76. The largest absolute Gasteiger partial charge is 0.276 e. The second-order valence-corrected chi connectivity index (χ2v) is 6.81. The van der Waals surface area contributed by atoms with Gasteiger partial charge in [0.25, 0.3) is 10.0 Å². The van der Waals surface area contributed by atoms with Gasteiger partial charge < -0.3 is 0 Å². The molecule has 0 amide bonds. The third-order valence-corrected chi connectivity index (χ3v) is 4.99. The Morgan fingerprint density at radius 2 is 2.00 bits per heavy atom. The van der Waals surface area contributed by atoms with E-state index in [1.54, 1.807) is 24.3 Å². The van der Waals surface area contributed by atoms with Crippen molar-refractivity contribution in [3.05, 3.63) is 29.8 Å². The standard InChI is InChI=1S/C13H16N2O2S/c1-9-2-5-11(6-3-9)18(16,17)15-14-13-7-4-10-8-12(10)13/h2-3,5-6,10,12,15H,4,7-8H2,1H3/b14-13-. The molecule has 2 saturated carbocycles. The second-order valence-electron chi connectivity index (χ2n) is 5.15. The number of fused-ring (bicyclic) bond motifs is 1. The molecule has 4 nitrogen and oxygen atoms in total. The molecule has 5 heteroatoms. The van der Waals surface area contributed by atoms with Gasteiger partial charge in [-0.15, -0.1) is 0 Å². The van der Waals surface area contributed by atoms with Crippen molar-refractivity contribution in [2.45, 2.75) is 31.1 Å². The Bertz CT molecular complexity index is 590. The summed E-state index contributed by atoms with van der Waals surface area (Å²) >= 11 is 0. The minimum atomic E-state index is -3.51. The zero-order valence-electron chi connectivity index (χ0n) is 10.3. The molecule has 2 fully saturated rings. The van der Waals surface area contributed by atoms with Gasteiger partial charge in [0.05, 0.1) is 4.90 Å². The monoisotopic (exact) mass is 264 g/mol. The maximum atomic E-state index is 12.0. The van der Waals surface area contributed by atoms with E-state index in [2.05, 4.69) is 9.93 Å². The van der Waals surface area contributed by atoms with Crippen molar-refractivity contribution < 1.29 is 8.42 Å². The highest BCUT2D eigenvalue weighted by Gasteiger charge is 2.46. The number of hydrogen-bond donors (Lipinski definition) is 1. The lowest BCUT2D eigenvalue weighted by molar-refractivity contribution is 0.584. The van der Waals surface area contributed by atoms with Crippen LogP contribution in [0, 0.1) is 18.8 Å². The van der Waals surface area contributed by atoms with Gasteiger partial charge in [-0.2, -0.15) is 13.5 Å². The summed E-state index contributed by atoms with van der Waals surface area (Å²) in [7, 11) is -3.51. The Labute approximate surface area is 107 Å². The van der Waals surface area contributed by atoms with E-state index in [1.165, 1.54) is 6.42 Å². The molecule has 18 heavy (non-hydrogen) atoms. The molecule has 1 aromatic carbocycles. The topological polar surface area (TPSA) is 58.5 Å². The van der Waals surface area contributed by atoms with E-state index in [0.717, 1.165) is 30.0 Å². The third-order valence-electron chi connectivity index (χ3n) is 3.76. The maximum Gasteiger partial charge on any atom is 0.276 e. The number of nitrogens with one attached hydrogen (secondary N) is 1. The molecular weight excluding hydrogens is 248 g/mol. The molecule has 0 aromatic heterocycles. The first kappa shape index (κ1) is 11.7. The summed E-state index contributed by atoms with van der Waals surface area (Å²) in [6, 6.07) is 6.78. The van der Waals surface area contributed by atoms with Crippen LogP contribution in [0.4, 0.5) is 0 Å². The summed E-state index contributed by atoms with van der Waals surface area (Å²) in [5.41, 5.74) is 2.06. The Morgan fingerprint density at radius 3 is 2.56 bits per heavy atom. The van der Waals surface area contributed by atoms with Crippen LogP contribution in [0.25, 0.3) is 0 Å². The number of hydrazone groups is 1. The van der Waals surface area contributed by atoms with E-state index in [0.29, 0.717) is 5.92 Å². The van der Waals surface area contributed by atoms with Crippen molar-refractivity contribution in [3.63, 3.8) is 0 Å². The molecule has 3 rings (SSSR count). The fraction of sp³-hybridized carbons (Fsp3) is 0.462. The molecule has 2 atom stereocenters. The van der Waals surface area contributed by atoms with Crippen molar-refractivity contribution in [2.75, 3.05) is 0 Å². The molecule has 2 aliphatic carbocycles. The van der Waals surface area contributed by atoms with Gasteiger partial charge in [-0.3, -0.25) is 0 Å². The number of aryl methyl sites for hydroxylation is 1. The minimum absolute atomic E-state index is 0.266. The fourth-order valence-electron chi connectivity index (χ4n) is 2.52. The van der Waals surface area contributed by atoms with Crippen LogP contribution in [-0.2, 0) is 10.0 Å². The first-order valence-electron chi connectivity index (χ1n) is 6.21. The second kappa shape index (κ2) is 4.09. The quantitative estimate of drug-likeness (QED) is 0.849. The van der Waals surface area contributed by atoms with Crippen molar-refractivity contribution in [1.82, 2.24) is 4.83 Å². The van der Waals surface area contributed by atoms with Crippen LogP contribution in [0.3, 0.4) is 0 Å². The predicted octanol–water partition coefficient (Wildman–Crippen LogP) is 2.06. The van der Waals surface area contributed by atoms with Crippen LogP contribution in [-0.4, -0.2) is 14.1 Å². The zero-order valence-corrected chi connectivity index (χ0v) is 11.1. The fourth-order valence-corrected chi connectivity index (χ4v) is 3.36. The van der Waals surface area contributed by atoms with Gasteiger partial charge >= 0.3 is 0 Å². The molecule has 2 aliphatic rings. The zero-order chi connectivity index (χ0) is 12.8. The lowest BCUT2D eigenvalue weighted by atomic mass is 10.2. The van der Waals surface area contributed by atoms with E-state index < -0.39 is 10.0 Å². The molecule has 2 unspecified atom stereocenters. The minimum Gasteiger partial charge on any atom is -0.200 e. The molecule has 0 radical (unpaired) electrons. The first-order chi connectivity index (χ1) is 8.56. The van der Waals surface area contributed by atoms with Crippen molar-refractivity contribution in [3.8, 4) is 0 Å². The Morgan fingerprint density at radius 1 is 1.28 bits per heavy atom. The average molecular weight is 264 g/mol. The number of rotatable bonds is 3. The van der Waals surface area contributed by atoms with E-state index in [-0.39, 0.29) is 4.90 Å².